The lowest BCUT2D eigenvalue weighted by atomic mass is 10.1. The molecule has 4 heteroatoms. The fourth-order valence-corrected chi connectivity index (χ4v) is 2.54. The van der Waals surface area contributed by atoms with Crippen LogP contribution in [0.25, 0.3) is 0 Å². The van der Waals surface area contributed by atoms with Crippen molar-refractivity contribution in [2.75, 3.05) is 0 Å². The van der Waals surface area contributed by atoms with E-state index < -0.39 is 0 Å². The third-order valence-corrected chi connectivity index (χ3v) is 3.51. The van der Waals surface area contributed by atoms with Crippen LogP contribution in [-0.4, -0.2) is 12.0 Å². The van der Waals surface area contributed by atoms with Crippen molar-refractivity contribution >= 4 is 21.8 Å². The molecule has 2 rings (SSSR count). The number of hydrogen-bond donors (Lipinski definition) is 1. The summed E-state index contributed by atoms with van der Waals surface area (Å²) in [7, 11) is 0. The Morgan fingerprint density at radius 2 is 1.86 bits per heavy atom. The highest BCUT2D eigenvalue weighted by atomic mass is 79.9. The van der Waals surface area contributed by atoms with Gasteiger partial charge in [0.25, 0.3) is 0 Å². The Kier molecular flexibility index (Phi) is 6.01. The molecule has 1 amide bonds. The van der Waals surface area contributed by atoms with Gasteiger partial charge in [0.05, 0.1) is 12.5 Å². The molecule has 0 saturated heterocycles. The maximum atomic E-state index is 12.0. The van der Waals surface area contributed by atoms with E-state index in [0.717, 1.165) is 21.3 Å². The number of benzene rings is 2. The van der Waals surface area contributed by atoms with Gasteiger partial charge in [0.15, 0.2) is 0 Å². The molecule has 0 bridgehead atoms. The predicted octanol–water partition coefficient (Wildman–Crippen LogP) is 4.10. The van der Waals surface area contributed by atoms with Gasteiger partial charge < -0.3 is 10.1 Å². The Bertz CT molecular complexity index is 640. The van der Waals surface area contributed by atoms with Crippen molar-refractivity contribution in [2.45, 2.75) is 32.9 Å². The molecule has 22 heavy (non-hydrogen) atoms. The van der Waals surface area contributed by atoms with E-state index in [9.17, 15) is 4.79 Å². The van der Waals surface area contributed by atoms with Gasteiger partial charge in [-0.2, -0.15) is 0 Å². The molecule has 0 aliphatic rings. The first-order chi connectivity index (χ1) is 10.5. The van der Waals surface area contributed by atoms with Gasteiger partial charge in [-0.05, 0) is 49.2 Å². The highest BCUT2D eigenvalue weighted by Crippen LogP contribution is 2.15. The highest BCUT2D eigenvalue weighted by molar-refractivity contribution is 9.10. The lowest BCUT2D eigenvalue weighted by molar-refractivity contribution is -0.120. The number of carbonyl (C=O) groups is 1. The standard InChI is InChI=1S/C18H20BrNO2/c1-13(2)22-17-8-4-6-15(10-17)12-20-18(21)11-14-5-3-7-16(19)9-14/h3-10,13H,11-12H2,1-2H3,(H,20,21). The molecule has 0 unspecified atom stereocenters. The van der Waals surface area contributed by atoms with Crippen LogP contribution in [0.15, 0.2) is 53.0 Å². The Morgan fingerprint density at radius 1 is 1.14 bits per heavy atom. The monoisotopic (exact) mass is 361 g/mol. The van der Waals surface area contributed by atoms with E-state index in [1.165, 1.54) is 0 Å². The SMILES string of the molecule is CC(C)Oc1cccc(CNC(=O)Cc2cccc(Br)c2)c1. The third kappa shape index (κ3) is 5.53. The van der Waals surface area contributed by atoms with Crippen molar-refractivity contribution < 1.29 is 9.53 Å². The van der Waals surface area contributed by atoms with Crippen molar-refractivity contribution in [1.29, 1.82) is 0 Å². The van der Waals surface area contributed by atoms with Gasteiger partial charge >= 0.3 is 0 Å². The van der Waals surface area contributed by atoms with E-state index in [-0.39, 0.29) is 12.0 Å². The van der Waals surface area contributed by atoms with Crippen LogP contribution in [0.4, 0.5) is 0 Å². The topological polar surface area (TPSA) is 38.3 Å². The largest absolute Gasteiger partial charge is 0.491 e. The molecular weight excluding hydrogens is 342 g/mol. The molecular formula is C18H20BrNO2. The minimum absolute atomic E-state index is 0.00767. The Labute approximate surface area is 139 Å². The summed E-state index contributed by atoms with van der Waals surface area (Å²) in [5.41, 5.74) is 2.02. The van der Waals surface area contributed by atoms with Crippen LogP contribution in [0.1, 0.15) is 25.0 Å². The molecule has 0 atom stereocenters. The summed E-state index contributed by atoms with van der Waals surface area (Å²) < 4.78 is 6.64. The van der Waals surface area contributed by atoms with Gasteiger partial charge in [-0.3, -0.25) is 4.79 Å². The summed E-state index contributed by atoms with van der Waals surface area (Å²) in [5, 5.41) is 2.94. The number of carbonyl (C=O) groups excluding carboxylic acids is 1. The minimum Gasteiger partial charge on any atom is -0.491 e. The van der Waals surface area contributed by atoms with Crippen LogP contribution >= 0.6 is 15.9 Å². The number of ether oxygens (including phenoxy) is 1. The molecule has 0 radical (unpaired) electrons. The van der Waals surface area contributed by atoms with Crippen molar-refractivity contribution in [3.63, 3.8) is 0 Å². The van der Waals surface area contributed by atoms with Gasteiger partial charge in [-0.1, -0.05) is 40.2 Å². The van der Waals surface area contributed by atoms with E-state index >= 15 is 0 Å². The Balaban J connectivity index is 1.88. The number of amides is 1. The average molecular weight is 362 g/mol. The van der Waals surface area contributed by atoms with Crippen LogP contribution < -0.4 is 10.1 Å². The zero-order valence-corrected chi connectivity index (χ0v) is 14.4. The van der Waals surface area contributed by atoms with Gasteiger partial charge in [0.1, 0.15) is 5.75 Å². The molecule has 0 aliphatic heterocycles. The van der Waals surface area contributed by atoms with Crippen molar-refractivity contribution in [3.05, 3.63) is 64.1 Å². The number of hydrogen-bond acceptors (Lipinski definition) is 2. The Morgan fingerprint density at radius 3 is 2.59 bits per heavy atom. The highest BCUT2D eigenvalue weighted by Gasteiger charge is 2.05. The van der Waals surface area contributed by atoms with Crippen molar-refractivity contribution in [3.8, 4) is 5.75 Å². The van der Waals surface area contributed by atoms with Gasteiger partial charge in [-0.25, -0.2) is 0 Å². The fraction of sp³-hybridized carbons (Fsp3) is 0.278. The molecule has 3 nitrogen and oxygen atoms in total. The van der Waals surface area contributed by atoms with Crippen LogP contribution in [0.5, 0.6) is 5.75 Å². The van der Waals surface area contributed by atoms with Crippen molar-refractivity contribution in [1.82, 2.24) is 5.32 Å². The van der Waals surface area contributed by atoms with Crippen LogP contribution in [0, 0.1) is 0 Å². The first kappa shape index (κ1) is 16.6. The van der Waals surface area contributed by atoms with E-state index in [2.05, 4.69) is 21.2 Å². The molecule has 0 heterocycles. The molecule has 116 valence electrons. The minimum atomic E-state index is 0.00767. The van der Waals surface area contributed by atoms with Gasteiger partial charge in [0.2, 0.25) is 5.91 Å². The first-order valence-corrected chi connectivity index (χ1v) is 8.09. The normalized spacial score (nSPS) is 10.5. The number of rotatable bonds is 6. The second-order valence-corrected chi connectivity index (χ2v) is 6.31. The molecule has 0 aromatic heterocycles. The van der Waals surface area contributed by atoms with Crippen molar-refractivity contribution in [2.24, 2.45) is 0 Å². The molecule has 0 aliphatic carbocycles. The zero-order valence-electron chi connectivity index (χ0n) is 12.8. The maximum Gasteiger partial charge on any atom is 0.224 e. The molecule has 0 saturated carbocycles. The first-order valence-electron chi connectivity index (χ1n) is 7.29. The predicted molar refractivity (Wildman–Crippen MR) is 91.9 cm³/mol. The summed E-state index contributed by atoms with van der Waals surface area (Å²) in [6.07, 6.45) is 0.517. The lowest BCUT2D eigenvalue weighted by Crippen LogP contribution is -2.24. The quantitative estimate of drug-likeness (QED) is 0.841. The van der Waals surface area contributed by atoms with Crippen LogP contribution in [0.2, 0.25) is 0 Å². The zero-order chi connectivity index (χ0) is 15.9. The van der Waals surface area contributed by atoms with E-state index in [1.807, 2.05) is 62.4 Å². The van der Waals surface area contributed by atoms with E-state index in [0.29, 0.717) is 13.0 Å². The number of nitrogens with one attached hydrogen (secondary N) is 1. The lowest BCUT2D eigenvalue weighted by Gasteiger charge is -2.11. The summed E-state index contributed by atoms with van der Waals surface area (Å²) >= 11 is 3.41. The molecule has 0 spiro atoms. The summed E-state index contributed by atoms with van der Waals surface area (Å²) in [4.78, 5) is 12.0. The molecule has 2 aromatic carbocycles. The number of halogens is 1. The average Bonchev–Trinajstić information content (AvgIpc) is 2.45. The molecule has 0 fully saturated rings. The van der Waals surface area contributed by atoms with Crippen LogP contribution in [-0.2, 0) is 17.8 Å². The van der Waals surface area contributed by atoms with Crippen LogP contribution in [0.3, 0.4) is 0 Å². The second kappa shape index (κ2) is 7.99. The maximum absolute atomic E-state index is 12.0. The summed E-state index contributed by atoms with van der Waals surface area (Å²) in [5.74, 6) is 0.835. The Hall–Kier alpha value is -1.81. The fourth-order valence-electron chi connectivity index (χ4n) is 2.10. The molecule has 2 aromatic rings. The second-order valence-electron chi connectivity index (χ2n) is 5.40. The smallest absolute Gasteiger partial charge is 0.224 e. The van der Waals surface area contributed by atoms with E-state index in [1.54, 1.807) is 0 Å². The van der Waals surface area contributed by atoms with Gasteiger partial charge in [0, 0.05) is 11.0 Å². The third-order valence-electron chi connectivity index (χ3n) is 3.01. The summed E-state index contributed by atoms with van der Waals surface area (Å²) in [6, 6.07) is 15.6. The van der Waals surface area contributed by atoms with E-state index in [4.69, 9.17) is 4.74 Å². The summed E-state index contributed by atoms with van der Waals surface area (Å²) in [6.45, 7) is 4.49. The molecule has 1 N–H and O–H groups in total. The van der Waals surface area contributed by atoms with Gasteiger partial charge in [-0.15, -0.1) is 0 Å².